The van der Waals surface area contributed by atoms with Crippen LogP contribution in [0.2, 0.25) is 0 Å². The van der Waals surface area contributed by atoms with Gasteiger partial charge in [0.15, 0.2) is 0 Å². The maximum atomic E-state index is 14.1. The van der Waals surface area contributed by atoms with Crippen LogP contribution in [0, 0.1) is 0 Å². The minimum Gasteiger partial charge on any atom is -0.463 e. The molecule has 3 aromatic rings. The standard InChI is InChI=1S/C46H50N4O12/c1-7-57-41(51)33-31(27-19-15-13-16-20-27)35(43(53)59-9-3)39(47)49(37(33)45(55)61-11-5)29-23-25-30(26-24-29)50-38(46(56)62-12-6)34(42(52)58-8-2)32(28-21-17-14-18-22-28)36(40(50)48)44(54)60-10-4/h13-26,31-32H,7-12,47-48H2,1-6H3. The van der Waals surface area contributed by atoms with Crippen molar-refractivity contribution in [2.24, 2.45) is 11.5 Å². The van der Waals surface area contributed by atoms with Gasteiger partial charge in [-0.3, -0.25) is 9.80 Å². The first-order valence-electron chi connectivity index (χ1n) is 20.2. The molecule has 0 radical (unpaired) electrons. The minimum absolute atomic E-state index is 0.0389. The largest absolute Gasteiger partial charge is 0.463 e. The van der Waals surface area contributed by atoms with E-state index in [-0.39, 0.29) is 96.3 Å². The number of anilines is 2. The van der Waals surface area contributed by atoms with Crippen molar-refractivity contribution >= 4 is 47.2 Å². The molecule has 16 heteroatoms. The van der Waals surface area contributed by atoms with Gasteiger partial charge in [-0.05, 0) is 76.9 Å². The number of esters is 6. The van der Waals surface area contributed by atoms with Crippen LogP contribution in [0.1, 0.15) is 64.5 Å². The molecule has 0 aromatic heterocycles. The number of carbonyl (C=O) groups excluding carboxylic acids is 6. The van der Waals surface area contributed by atoms with Crippen molar-refractivity contribution in [1.29, 1.82) is 0 Å². The predicted octanol–water partition coefficient (Wildman–Crippen LogP) is 5.12. The van der Waals surface area contributed by atoms with E-state index in [9.17, 15) is 28.8 Å². The Bertz CT molecular complexity index is 2160. The molecular formula is C46H50N4O12. The number of ether oxygens (including phenoxy) is 6. The maximum Gasteiger partial charge on any atom is 0.355 e. The topological polar surface area (TPSA) is 216 Å². The third-order valence-corrected chi connectivity index (χ3v) is 9.70. The molecule has 16 nitrogen and oxygen atoms in total. The van der Waals surface area contributed by atoms with E-state index in [2.05, 4.69) is 0 Å². The van der Waals surface area contributed by atoms with E-state index >= 15 is 0 Å². The normalized spacial score (nSPS) is 16.5. The van der Waals surface area contributed by atoms with Gasteiger partial charge in [-0.25, -0.2) is 28.8 Å². The second kappa shape index (κ2) is 20.7. The molecule has 0 amide bonds. The van der Waals surface area contributed by atoms with Crippen molar-refractivity contribution in [3.8, 4) is 0 Å². The van der Waals surface area contributed by atoms with E-state index < -0.39 is 47.7 Å². The van der Waals surface area contributed by atoms with E-state index in [1.807, 2.05) is 0 Å². The molecule has 2 heterocycles. The lowest BCUT2D eigenvalue weighted by Crippen LogP contribution is -2.43. The summed E-state index contributed by atoms with van der Waals surface area (Å²) in [7, 11) is 0. The van der Waals surface area contributed by atoms with Gasteiger partial charge in [0, 0.05) is 11.4 Å². The highest BCUT2D eigenvalue weighted by Gasteiger charge is 2.48. The summed E-state index contributed by atoms with van der Waals surface area (Å²) < 4.78 is 33.0. The summed E-state index contributed by atoms with van der Waals surface area (Å²) in [5, 5.41) is 0. The lowest BCUT2D eigenvalue weighted by Gasteiger charge is -2.38. The Morgan fingerprint density at radius 1 is 0.403 bits per heavy atom. The average Bonchev–Trinajstić information content (AvgIpc) is 3.26. The highest BCUT2D eigenvalue weighted by atomic mass is 16.6. The van der Waals surface area contributed by atoms with Crippen LogP contribution in [0.25, 0.3) is 0 Å². The molecule has 0 saturated heterocycles. The van der Waals surface area contributed by atoms with Gasteiger partial charge in [0.1, 0.15) is 23.0 Å². The quantitative estimate of drug-likeness (QED) is 0.141. The summed E-state index contributed by atoms with van der Waals surface area (Å²) in [5.74, 6) is -8.41. The second-order valence-electron chi connectivity index (χ2n) is 13.3. The summed E-state index contributed by atoms with van der Waals surface area (Å²) in [5.41, 5.74) is 13.5. The Morgan fingerprint density at radius 3 is 0.935 bits per heavy atom. The number of hydrogen-bond acceptors (Lipinski definition) is 16. The third-order valence-electron chi connectivity index (χ3n) is 9.70. The Morgan fingerprint density at radius 2 is 0.661 bits per heavy atom. The lowest BCUT2D eigenvalue weighted by molar-refractivity contribution is -0.143. The smallest absolute Gasteiger partial charge is 0.355 e. The van der Waals surface area contributed by atoms with Crippen LogP contribution >= 0.6 is 0 Å². The fourth-order valence-electron chi connectivity index (χ4n) is 7.34. The number of hydrogen-bond donors (Lipinski definition) is 2. The SMILES string of the molecule is CCOC(=O)C1=C(N)N(c2ccc(N3C(N)=C(C(=O)OCC)C(c4ccccc4)C(C(=O)OCC)=C3C(=O)OCC)cc2)C(C(=O)OCC)=C(C(=O)OCC)C1c1ccccc1. The molecule has 0 bridgehead atoms. The van der Waals surface area contributed by atoms with E-state index in [0.717, 1.165) is 0 Å². The van der Waals surface area contributed by atoms with E-state index in [1.54, 1.807) is 102 Å². The van der Waals surface area contributed by atoms with Crippen LogP contribution in [0.15, 0.2) is 130 Å². The molecule has 4 N–H and O–H groups in total. The predicted molar refractivity (Wildman–Crippen MR) is 226 cm³/mol. The first kappa shape index (κ1) is 45.7. The summed E-state index contributed by atoms with van der Waals surface area (Å²) >= 11 is 0. The van der Waals surface area contributed by atoms with Gasteiger partial charge in [0.25, 0.3) is 0 Å². The molecule has 0 spiro atoms. The summed E-state index contributed by atoms with van der Waals surface area (Å²) in [6.45, 7) is 9.19. The first-order chi connectivity index (χ1) is 29.9. The molecule has 326 valence electrons. The number of benzene rings is 3. The van der Waals surface area contributed by atoms with Gasteiger partial charge in [0.2, 0.25) is 0 Å². The monoisotopic (exact) mass is 850 g/mol. The second-order valence-corrected chi connectivity index (χ2v) is 13.3. The fraction of sp³-hybridized carbons (Fsp3) is 0.304. The van der Waals surface area contributed by atoms with E-state index in [4.69, 9.17) is 39.9 Å². The number of carbonyl (C=O) groups is 6. The Labute approximate surface area is 359 Å². The van der Waals surface area contributed by atoms with Crippen LogP contribution in [0.5, 0.6) is 0 Å². The average molecular weight is 851 g/mol. The van der Waals surface area contributed by atoms with Crippen LogP contribution in [0.4, 0.5) is 11.4 Å². The van der Waals surface area contributed by atoms with Gasteiger partial charge in [-0.15, -0.1) is 0 Å². The van der Waals surface area contributed by atoms with Crippen molar-refractivity contribution in [2.75, 3.05) is 49.4 Å². The molecule has 2 aliphatic heterocycles. The molecule has 2 aliphatic rings. The number of rotatable bonds is 16. The zero-order valence-corrected chi connectivity index (χ0v) is 35.4. The molecule has 0 fully saturated rings. The molecule has 0 aliphatic carbocycles. The Kier molecular flexibility index (Phi) is 15.3. The lowest BCUT2D eigenvalue weighted by atomic mass is 9.80. The molecule has 5 rings (SSSR count). The summed E-state index contributed by atoms with van der Waals surface area (Å²) in [6.07, 6.45) is 0. The minimum atomic E-state index is -1.22. The van der Waals surface area contributed by atoms with Crippen molar-refractivity contribution < 1.29 is 57.2 Å². The molecule has 3 aromatic carbocycles. The van der Waals surface area contributed by atoms with Gasteiger partial charge < -0.3 is 39.9 Å². The van der Waals surface area contributed by atoms with E-state index in [0.29, 0.717) is 11.1 Å². The highest BCUT2D eigenvalue weighted by Crippen LogP contribution is 2.47. The molecule has 62 heavy (non-hydrogen) atoms. The molecule has 2 unspecified atom stereocenters. The van der Waals surface area contributed by atoms with Crippen LogP contribution in [0.3, 0.4) is 0 Å². The van der Waals surface area contributed by atoms with Crippen molar-refractivity contribution in [2.45, 2.75) is 53.4 Å². The van der Waals surface area contributed by atoms with Gasteiger partial charge in [-0.1, -0.05) is 60.7 Å². The Balaban J connectivity index is 1.84. The first-order valence-corrected chi connectivity index (χ1v) is 20.2. The van der Waals surface area contributed by atoms with Crippen LogP contribution in [-0.2, 0) is 57.2 Å². The number of nitrogens with two attached hydrogens (primary N) is 2. The van der Waals surface area contributed by atoms with Gasteiger partial charge in [0.05, 0.1) is 73.8 Å². The van der Waals surface area contributed by atoms with E-state index in [1.165, 1.54) is 34.1 Å². The number of nitrogens with zero attached hydrogens (tertiary/aromatic N) is 2. The maximum absolute atomic E-state index is 14.1. The zero-order valence-electron chi connectivity index (χ0n) is 35.4. The van der Waals surface area contributed by atoms with Crippen LogP contribution < -0.4 is 21.3 Å². The fourth-order valence-corrected chi connectivity index (χ4v) is 7.34. The summed E-state index contributed by atoms with van der Waals surface area (Å²) in [6, 6.07) is 22.8. The zero-order chi connectivity index (χ0) is 45.1. The van der Waals surface area contributed by atoms with Crippen molar-refractivity contribution in [3.05, 3.63) is 141 Å². The molecule has 2 atom stereocenters. The molecular weight excluding hydrogens is 801 g/mol. The molecule has 0 saturated carbocycles. The van der Waals surface area contributed by atoms with Crippen molar-refractivity contribution in [3.63, 3.8) is 0 Å². The van der Waals surface area contributed by atoms with Gasteiger partial charge in [-0.2, -0.15) is 0 Å². The van der Waals surface area contributed by atoms with Crippen molar-refractivity contribution in [1.82, 2.24) is 0 Å². The summed E-state index contributed by atoms with van der Waals surface area (Å²) in [4.78, 5) is 86.6. The Hall–Kier alpha value is -7.36. The highest BCUT2D eigenvalue weighted by molar-refractivity contribution is 6.11. The third kappa shape index (κ3) is 9.04. The van der Waals surface area contributed by atoms with Gasteiger partial charge >= 0.3 is 35.8 Å². The van der Waals surface area contributed by atoms with Crippen LogP contribution in [-0.4, -0.2) is 75.5 Å².